The number of nitrogens with zero attached hydrogens (tertiary/aromatic N) is 4. The van der Waals surface area contributed by atoms with Crippen LogP contribution in [0.4, 0.5) is 36.3 Å². The maximum Gasteiger partial charge on any atom is 0.433 e. The minimum absolute atomic E-state index is 0.0334. The normalized spacial score (nSPS) is 13.8. The van der Waals surface area contributed by atoms with Gasteiger partial charge in [0.05, 0.1) is 5.56 Å². The van der Waals surface area contributed by atoms with Crippen molar-refractivity contribution in [3.05, 3.63) is 65.6 Å². The van der Waals surface area contributed by atoms with Gasteiger partial charge < -0.3 is 15.5 Å². The Labute approximate surface area is 182 Å². The van der Waals surface area contributed by atoms with Gasteiger partial charge in [-0.2, -0.15) is 18.2 Å². The Morgan fingerprint density at radius 3 is 2.31 bits per heavy atom. The largest absolute Gasteiger partial charge is 0.433 e. The van der Waals surface area contributed by atoms with E-state index in [-0.39, 0.29) is 5.56 Å². The summed E-state index contributed by atoms with van der Waals surface area (Å²) in [6, 6.07) is 10.6. The van der Waals surface area contributed by atoms with Crippen molar-refractivity contribution in [3.63, 3.8) is 0 Å². The molecule has 0 atom stereocenters. The second-order valence-electron chi connectivity index (χ2n) is 7.48. The van der Waals surface area contributed by atoms with Crippen molar-refractivity contribution in [1.82, 2.24) is 15.0 Å². The molecule has 3 aromatic rings. The van der Waals surface area contributed by atoms with Crippen LogP contribution in [0.2, 0.25) is 0 Å². The fourth-order valence-electron chi connectivity index (χ4n) is 3.36. The van der Waals surface area contributed by atoms with E-state index in [1.54, 1.807) is 24.3 Å². The van der Waals surface area contributed by atoms with E-state index in [2.05, 4.69) is 30.5 Å². The average Bonchev–Trinajstić information content (AvgIpc) is 3.29. The fraction of sp³-hybridized carbons (Fsp3) is 0.273. The SMILES string of the molecule is Cc1cc(Nc2ccc(NC(=O)c3ccc(C(F)(F)F)nc3)cc2)nc(N2CCCC2)n1. The molecule has 1 saturated heterocycles. The standard InChI is InChI=1S/C22H21F3N6O/c1-14-12-19(30-21(27-14)31-10-2-3-11-31)28-16-5-7-17(8-6-16)29-20(32)15-4-9-18(26-13-15)22(23,24)25/h4-9,12-13H,2-3,10-11H2,1H3,(H,29,32)(H,27,28,30). The first-order chi connectivity index (χ1) is 15.3. The van der Waals surface area contributed by atoms with E-state index in [0.29, 0.717) is 17.5 Å². The first-order valence-electron chi connectivity index (χ1n) is 10.1. The summed E-state index contributed by atoms with van der Waals surface area (Å²) < 4.78 is 37.8. The van der Waals surface area contributed by atoms with Crippen LogP contribution in [0.3, 0.4) is 0 Å². The fourth-order valence-corrected chi connectivity index (χ4v) is 3.36. The highest BCUT2D eigenvalue weighted by atomic mass is 19.4. The van der Waals surface area contributed by atoms with Crippen molar-refractivity contribution in [3.8, 4) is 0 Å². The van der Waals surface area contributed by atoms with E-state index in [1.165, 1.54) is 0 Å². The Bertz CT molecular complexity index is 1090. The van der Waals surface area contributed by atoms with E-state index in [0.717, 1.165) is 55.6 Å². The van der Waals surface area contributed by atoms with Gasteiger partial charge in [-0.05, 0) is 56.2 Å². The molecule has 0 radical (unpaired) electrons. The monoisotopic (exact) mass is 442 g/mol. The molecule has 10 heteroatoms. The molecule has 2 aromatic heterocycles. The van der Waals surface area contributed by atoms with Gasteiger partial charge in [-0.25, -0.2) is 4.98 Å². The zero-order valence-corrected chi connectivity index (χ0v) is 17.3. The number of aromatic nitrogens is 3. The number of alkyl halides is 3. The second kappa shape index (κ2) is 8.81. The van der Waals surface area contributed by atoms with E-state index in [9.17, 15) is 18.0 Å². The Morgan fingerprint density at radius 1 is 1.00 bits per heavy atom. The summed E-state index contributed by atoms with van der Waals surface area (Å²) in [7, 11) is 0. The molecule has 1 amide bonds. The van der Waals surface area contributed by atoms with Gasteiger partial charge >= 0.3 is 6.18 Å². The first-order valence-corrected chi connectivity index (χ1v) is 10.1. The third-order valence-electron chi connectivity index (χ3n) is 4.96. The topological polar surface area (TPSA) is 83.0 Å². The van der Waals surface area contributed by atoms with Crippen molar-refractivity contribution in [2.45, 2.75) is 25.9 Å². The number of nitrogens with one attached hydrogen (secondary N) is 2. The number of carbonyl (C=O) groups is 1. The van der Waals surface area contributed by atoms with Gasteiger partial charge in [0.15, 0.2) is 0 Å². The van der Waals surface area contributed by atoms with Crippen LogP contribution >= 0.6 is 0 Å². The van der Waals surface area contributed by atoms with Gasteiger partial charge in [-0.1, -0.05) is 0 Å². The van der Waals surface area contributed by atoms with E-state index < -0.39 is 17.8 Å². The highest BCUT2D eigenvalue weighted by Crippen LogP contribution is 2.27. The number of amides is 1. The number of aryl methyl sites for hydroxylation is 1. The molecule has 0 bridgehead atoms. The molecule has 1 aromatic carbocycles. The molecule has 1 fully saturated rings. The predicted octanol–water partition coefficient (Wildman–Crippen LogP) is 4.79. The Hall–Kier alpha value is -3.69. The van der Waals surface area contributed by atoms with Crippen LogP contribution in [0.5, 0.6) is 0 Å². The lowest BCUT2D eigenvalue weighted by molar-refractivity contribution is -0.141. The zero-order valence-electron chi connectivity index (χ0n) is 17.3. The van der Waals surface area contributed by atoms with Crippen molar-refractivity contribution < 1.29 is 18.0 Å². The maximum atomic E-state index is 12.6. The van der Waals surface area contributed by atoms with Crippen LogP contribution in [0, 0.1) is 6.92 Å². The zero-order chi connectivity index (χ0) is 22.7. The van der Waals surface area contributed by atoms with Crippen molar-refractivity contribution >= 4 is 29.0 Å². The van der Waals surface area contributed by atoms with E-state index >= 15 is 0 Å². The minimum atomic E-state index is -4.55. The number of anilines is 4. The molecular weight excluding hydrogens is 421 g/mol. The average molecular weight is 442 g/mol. The lowest BCUT2D eigenvalue weighted by Crippen LogP contribution is -2.21. The minimum Gasteiger partial charge on any atom is -0.341 e. The van der Waals surface area contributed by atoms with Gasteiger partial charge in [0.25, 0.3) is 5.91 Å². The third kappa shape index (κ3) is 5.13. The molecule has 0 aliphatic carbocycles. The van der Waals surface area contributed by atoms with E-state index in [4.69, 9.17) is 0 Å². The molecule has 0 spiro atoms. The lowest BCUT2D eigenvalue weighted by Gasteiger charge is -2.17. The third-order valence-corrected chi connectivity index (χ3v) is 4.96. The van der Waals surface area contributed by atoms with Crippen LogP contribution in [0.15, 0.2) is 48.7 Å². The van der Waals surface area contributed by atoms with Gasteiger partial charge in [0.2, 0.25) is 5.95 Å². The number of carbonyl (C=O) groups excluding carboxylic acids is 1. The summed E-state index contributed by atoms with van der Waals surface area (Å²) in [5, 5.41) is 5.88. The first kappa shape index (κ1) is 21.5. The maximum absolute atomic E-state index is 12.6. The van der Waals surface area contributed by atoms with Crippen molar-refractivity contribution in [2.75, 3.05) is 28.6 Å². The van der Waals surface area contributed by atoms with Gasteiger partial charge in [0.1, 0.15) is 11.5 Å². The summed E-state index contributed by atoms with van der Waals surface area (Å²) in [6.45, 7) is 3.82. The number of rotatable bonds is 5. The summed E-state index contributed by atoms with van der Waals surface area (Å²) in [5.74, 6) is 0.833. The summed E-state index contributed by atoms with van der Waals surface area (Å²) >= 11 is 0. The molecule has 166 valence electrons. The molecule has 32 heavy (non-hydrogen) atoms. The molecule has 4 rings (SSSR count). The second-order valence-corrected chi connectivity index (χ2v) is 7.48. The Morgan fingerprint density at radius 2 is 1.69 bits per heavy atom. The smallest absolute Gasteiger partial charge is 0.341 e. The highest BCUT2D eigenvalue weighted by molar-refractivity contribution is 6.04. The van der Waals surface area contributed by atoms with Gasteiger partial charge in [0, 0.05) is 42.4 Å². The molecule has 0 unspecified atom stereocenters. The van der Waals surface area contributed by atoms with Crippen LogP contribution in [-0.4, -0.2) is 33.9 Å². The summed E-state index contributed by atoms with van der Waals surface area (Å²) in [5.41, 5.74) is 1.11. The van der Waals surface area contributed by atoms with Crippen molar-refractivity contribution in [2.24, 2.45) is 0 Å². The number of halogens is 3. The highest BCUT2D eigenvalue weighted by Gasteiger charge is 2.32. The van der Waals surface area contributed by atoms with Crippen LogP contribution < -0.4 is 15.5 Å². The summed E-state index contributed by atoms with van der Waals surface area (Å²) in [4.78, 5) is 26.9. The Balaban J connectivity index is 1.41. The van der Waals surface area contributed by atoms with Crippen LogP contribution in [-0.2, 0) is 6.18 Å². The number of hydrogen-bond donors (Lipinski definition) is 2. The molecule has 2 N–H and O–H groups in total. The quantitative estimate of drug-likeness (QED) is 0.591. The molecule has 1 aliphatic heterocycles. The summed E-state index contributed by atoms with van der Waals surface area (Å²) in [6.07, 6.45) is -1.37. The number of hydrogen-bond acceptors (Lipinski definition) is 6. The van der Waals surface area contributed by atoms with Crippen LogP contribution in [0.25, 0.3) is 0 Å². The Kier molecular flexibility index (Phi) is 5.93. The van der Waals surface area contributed by atoms with E-state index in [1.807, 2.05) is 13.0 Å². The molecule has 1 aliphatic rings. The van der Waals surface area contributed by atoms with Crippen LogP contribution in [0.1, 0.15) is 34.6 Å². The number of pyridine rings is 1. The molecular formula is C22H21F3N6O. The van der Waals surface area contributed by atoms with Gasteiger partial charge in [-0.3, -0.25) is 9.78 Å². The molecule has 3 heterocycles. The predicted molar refractivity (Wildman–Crippen MR) is 115 cm³/mol. The lowest BCUT2D eigenvalue weighted by atomic mass is 10.2. The van der Waals surface area contributed by atoms with Gasteiger partial charge in [-0.15, -0.1) is 0 Å². The molecule has 0 saturated carbocycles. The number of benzene rings is 1. The molecule has 7 nitrogen and oxygen atoms in total. The van der Waals surface area contributed by atoms with Crippen molar-refractivity contribution in [1.29, 1.82) is 0 Å².